The maximum atomic E-state index is 12.2. The molecule has 4 rings (SSSR count). The van der Waals surface area contributed by atoms with E-state index < -0.39 is 0 Å². The molecule has 0 fully saturated rings. The molecule has 30 heavy (non-hydrogen) atoms. The standard InChI is InChI=1S/C23H22N4O2S/c1-2-14-27-22(20-15-18-10-6-7-11-19(18)29-20)25-26-23(27)30-16-21(28)24-13-12-17-8-4-3-5-9-17/h2-11,15H,1,12-14,16H2,(H,24,28). The summed E-state index contributed by atoms with van der Waals surface area (Å²) >= 11 is 1.35. The van der Waals surface area contributed by atoms with Crippen molar-refractivity contribution >= 4 is 28.6 Å². The monoisotopic (exact) mass is 418 g/mol. The summed E-state index contributed by atoms with van der Waals surface area (Å²) in [6.07, 6.45) is 2.58. The lowest BCUT2D eigenvalue weighted by atomic mass is 10.1. The normalized spacial score (nSPS) is 10.9. The summed E-state index contributed by atoms with van der Waals surface area (Å²) in [4.78, 5) is 12.2. The second kappa shape index (κ2) is 9.45. The van der Waals surface area contributed by atoms with Crippen molar-refractivity contribution in [1.29, 1.82) is 0 Å². The molecular weight excluding hydrogens is 396 g/mol. The molecule has 0 unspecified atom stereocenters. The molecule has 2 aromatic carbocycles. The third-order valence-corrected chi connectivity index (χ3v) is 5.55. The lowest BCUT2D eigenvalue weighted by Gasteiger charge is -2.07. The van der Waals surface area contributed by atoms with Gasteiger partial charge in [-0.3, -0.25) is 9.36 Å². The maximum Gasteiger partial charge on any atom is 0.230 e. The maximum absolute atomic E-state index is 12.2. The number of benzene rings is 2. The lowest BCUT2D eigenvalue weighted by Crippen LogP contribution is -2.27. The summed E-state index contributed by atoms with van der Waals surface area (Å²) in [6.45, 7) is 4.95. The molecule has 0 aliphatic rings. The Morgan fingerprint density at radius 3 is 2.73 bits per heavy atom. The topological polar surface area (TPSA) is 73.0 Å². The van der Waals surface area contributed by atoms with Crippen molar-refractivity contribution in [1.82, 2.24) is 20.1 Å². The number of furan rings is 1. The Labute approximate surface area is 179 Å². The predicted molar refractivity (Wildman–Crippen MR) is 119 cm³/mol. The molecule has 0 bridgehead atoms. The lowest BCUT2D eigenvalue weighted by molar-refractivity contribution is -0.118. The highest BCUT2D eigenvalue weighted by Gasteiger charge is 2.18. The van der Waals surface area contributed by atoms with Crippen molar-refractivity contribution < 1.29 is 9.21 Å². The van der Waals surface area contributed by atoms with E-state index in [2.05, 4.69) is 34.2 Å². The summed E-state index contributed by atoms with van der Waals surface area (Å²) in [7, 11) is 0. The highest BCUT2D eigenvalue weighted by molar-refractivity contribution is 7.99. The van der Waals surface area contributed by atoms with E-state index in [0.717, 1.165) is 17.4 Å². The molecule has 0 aliphatic heterocycles. The number of rotatable bonds is 9. The van der Waals surface area contributed by atoms with Crippen molar-refractivity contribution in [3.8, 4) is 11.6 Å². The van der Waals surface area contributed by atoms with Gasteiger partial charge in [-0.25, -0.2) is 0 Å². The number of allylic oxidation sites excluding steroid dienone is 1. The zero-order valence-corrected chi connectivity index (χ0v) is 17.3. The number of hydrogen-bond donors (Lipinski definition) is 1. The first-order valence-corrected chi connectivity index (χ1v) is 10.7. The molecule has 4 aromatic rings. The molecule has 0 radical (unpaired) electrons. The van der Waals surface area contributed by atoms with Gasteiger partial charge in [0.05, 0.1) is 5.75 Å². The highest BCUT2D eigenvalue weighted by Crippen LogP contribution is 2.29. The van der Waals surface area contributed by atoms with E-state index in [1.165, 1.54) is 17.3 Å². The number of fused-ring (bicyclic) bond motifs is 1. The van der Waals surface area contributed by atoms with Crippen LogP contribution in [0.2, 0.25) is 0 Å². The first-order chi connectivity index (χ1) is 14.7. The summed E-state index contributed by atoms with van der Waals surface area (Å²) in [5.74, 6) is 1.50. The predicted octanol–water partition coefficient (Wildman–Crippen LogP) is 4.33. The largest absolute Gasteiger partial charge is 0.453 e. The van der Waals surface area contributed by atoms with Crippen molar-refractivity contribution in [2.24, 2.45) is 0 Å². The van der Waals surface area contributed by atoms with Crippen molar-refractivity contribution in [3.05, 3.63) is 78.9 Å². The van der Waals surface area contributed by atoms with Crippen LogP contribution in [0.1, 0.15) is 5.56 Å². The molecule has 0 aliphatic carbocycles. The minimum Gasteiger partial charge on any atom is -0.453 e. The fraction of sp³-hybridized carbons (Fsp3) is 0.174. The van der Waals surface area contributed by atoms with Crippen LogP contribution in [0.4, 0.5) is 0 Å². The smallest absolute Gasteiger partial charge is 0.230 e. The van der Waals surface area contributed by atoms with Crippen LogP contribution >= 0.6 is 11.8 Å². The van der Waals surface area contributed by atoms with Crippen LogP contribution in [0, 0.1) is 0 Å². The second-order valence-electron chi connectivity index (χ2n) is 6.73. The number of hydrogen-bond acceptors (Lipinski definition) is 5. The quantitative estimate of drug-likeness (QED) is 0.324. The van der Waals surface area contributed by atoms with Gasteiger partial charge in [0.25, 0.3) is 0 Å². The van der Waals surface area contributed by atoms with Gasteiger partial charge in [0.15, 0.2) is 10.9 Å². The van der Waals surface area contributed by atoms with E-state index in [-0.39, 0.29) is 11.7 Å². The van der Waals surface area contributed by atoms with Gasteiger partial charge >= 0.3 is 0 Å². The van der Waals surface area contributed by atoms with E-state index in [1.54, 1.807) is 6.08 Å². The second-order valence-corrected chi connectivity index (χ2v) is 7.67. The molecule has 0 atom stereocenters. The SMILES string of the molecule is C=CCn1c(SCC(=O)NCCc2ccccc2)nnc1-c1cc2ccccc2o1. The van der Waals surface area contributed by atoms with Crippen molar-refractivity contribution in [3.63, 3.8) is 0 Å². The van der Waals surface area contributed by atoms with Gasteiger partial charge in [-0.15, -0.1) is 16.8 Å². The first kappa shape index (κ1) is 20.0. The number of carbonyl (C=O) groups is 1. The third-order valence-electron chi connectivity index (χ3n) is 4.59. The number of aromatic nitrogens is 3. The number of para-hydroxylation sites is 1. The zero-order valence-electron chi connectivity index (χ0n) is 16.5. The van der Waals surface area contributed by atoms with E-state index in [0.29, 0.717) is 29.8 Å². The van der Waals surface area contributed by atoms with E-state index in [1.807, 2.05) is 53.1 Å². The van der Waals surface area contributed by atoms with Gasteiger partial charge in [0, 0.05) is 18.5 Å². The van der Waals surface area contributed by atoms with Gasteiger partial charge in [-0.2, -0.15) is 0 Å². The first-order valence-electron chi connectivity index (χ1n) is 9.71. The van der Waals surface area contributed by atoms with E-state index >= 15 is 0 Å². The molecule has 152 valence electrons. The summed E-state index contributed by atoms with van der Waals surface area (Å²) in [5.41, 5.74) is 2.00. The Morgan fingerprint density at radius 1 is 1.13 bits per heavy atom. The van der Waals surface area contributed by atoms with Gasteiger partial charge in [0.2, 0.25) is 11.7 Å². The fourth-order valence-electron chi connectivity index (χ4n) is 3.14. The Kier molecular flexibility index (Phi) is 6.29. The summed E-state index contributed by atoms with van der Waals surface area (Å²) in [5, 5.41) is 13.2. The number of amides is 1. The molecule has 1 amide bonds. The Morgan fingerprint density at radius 2 is 1.93 bits per heavy atom. The summed E-state index contributed by atoms with van der Waals surface area (Å²) < 4.78 is 7.84. The van der Waals surface area contributed by atoms with Crippen LogP contribution in [-0.2, 0) is 17.8 Å². The molecule has 1 N–H and O–H groups in total. The molecular formula is C23H22N4O2S. The number of carbonyl (C=O) groups excluding carboxylic acids is 1. The molecule has 2 heterocycles. The summed E-state index contributed by atoms with van der Waals surface area (Å²) in [6, 6.07) is 19.8. The Hall–Kier alpha value is -3.32. The van der Waals surface area contributed by atoms with Crippen LogP contribution in [0.25, 0.3) is 22.6 Å². The highest BCUT2D eigenvalue weighted by atomic mass is 32.2. The van der Waals surface area contributed by atoms with Gasteiger partial charge < -0.3 is 9.73 Å². The minimum absolute atomic E-state index is 0.0330. The van der Waals surface area contributed by atoms with Crippen molar-refractivity contribution in [2.75, 3.05) is 12.3 Å². The van der Waals surface area contributed by atoms with Crippen LogP contribution in [0.5, 0.6) is 0 Å². The number of nitrogens with one attached hydrogen (secondary N) is 1. The van der Waals surface area contributed by atoms with Crippen molar-refractivity contribution in [2.45, 2.75) is 18.1 Å². The Bertz CT molecular complexity index is 1120. The molecule has 0 spiro atoms. The third kappa shape index (κ3) is 4.63. The fourth-order valence-corrected chi connectivity index (χ4v) is 3.91. The van der Waals surface area contributed by atoms with Crippen LogP contribution in [0.15, 0.2) is 82.9 Å². The van der Waals surface area contributed by atoms with Crippen LogP contribution in [-0.4, -0.2) is 33.0 Å². The van der Waals surface area contributed by atoms with Crippen LogP contribution in [0.3, 0.4) is 0 Å². The van der Waals surface area contributed by atoms with E-state index in [4.69, 9.17) is 4.42 Å². The molecule has 6 nitrogen and oxygen atoms in total. The average molecular weight is 419 g/mol. The Balaban J connectivity index is 1.40. The van der Waals surface area contributed by atoms with Crippen LogP contribution < -0.4 is 5.32 Å². The number of nitrogens with zero attached hydrogens (tertiary/aromatic N) is 3. The van der Waals surface area contributed by atoms with Gasteiger partial charge in [0.1, 0.15) is 5.58 Å². The van der Waals surface area contributed by atoms with Gasteiger partial charge in [-0.1, -0.05) is 66.4 Å². The minimum atomic E-state index is -0.0330. The zero-order chi connectivity index (χ0) is 20.8. The molecule has 0 saturated heterocycles. The molecule has 0 saturated carbocycles. The van der Waals surface area contributed by atoms with Gasteiger partial charge in [-0.05, 0) is 24.1 Å². The molecule has 7 heteroatoms. The van der Waals surface area contributed by atoms with E-state index in [9.17, 15) is 4.79 Å². The number of thioether (sulfide) groups is 1. The molecule has 2 aromatic heterocycles. The average Bonchev–Trinajstić information content (AvgIpc) is 3.37.